The average Bonchev–Trinajstić information content (AvgIpc) is 3.40. The van der Waals surface area contributed by atoms with Crippen LogP contribution < -0.4 is 11.1 Å². The van der Waals surface area contributed by atoms with Crippen molar-refractivity contribution in [3.8, 4) is 0 Å². The van der Waals surface area contributed by atoms with Gasteiger partial charge in [0.1, 0.15) is 5.84 Å². The van der Waals surface area contributed by atoms with Gasteiger partial charge in [0.25, 0.3) is 5.91 Å². The van der Waals surface area contributed by atoms with Crippen LogP contribution in [0.25, 0.3) is 6.08 Å². The Bertz CT molecular complexity index is 1560. The van der Waals surface area contributed by atoms with Crippen LogP contribution in [-0.4, -0.2) is 72.1 Å². The molecule has 9 nitrogen and oxygen atoms in total. The number of carbonyl (C=O) groups excluding carboxylic acids is 2. The topological polar surface area (TPSA) is 120 Å². The van der Waals surface area contributed by atoms with E-state index in [9.17, 15) is 14.7 Å². The van der Waals surface area contributed by atoms with Crippen LogP contribution in [0.3, 0.4) is 0 Å². The fourth-order valence-electron chi connectivity index (χ4n) is 6.44. The zero-order valence-electron chi connectivity index (χ0n) is 27.0. The van der Waals surface area contributed by atoms with Gasteiger partial charge in [-0.1, -0.05) is 62.4 Å². The first kappa shape index (κ1) is 33.1. The van der Waals surface area contributed by atoms with Gasteiger partial charge in [-0.15, -0.1) is 0 Å². The van der Waals surface area contributed by atoms with Crippen molar-refractivity contribution in [1.29, 1.82) is 0 Å². The summed E-state index contributed by atoms with van der Waals surface area (Å²) >= 11 is 0. The largest absolute Gasteiger partial charge is 0.387 e. The van der Waals surface area contributed by atoms with Gasteiger partial charge in [0.15, 0.2) is 6.29 Å². The normalized spacial score (nSPS) is 18.6. The van der Waals surface area contributed by atoms with E-state index in [0.29, 0.717) is 41.4 Å². The number of aliphatic hydroxyl groups is 1. The van der Waals surface area contributed by atoms with Gasteiger partial charge in [-0.3, -0.25) is 14.5 Å². The predicted octanol–water partition coefficient (Wildman–Crippen LogP) is 5.54. The summed E-state index contributed by atoms with van der Waals surface area (Å²) < 4.78 is 5.34. The number of amidine groups is 1. The number of hydrogen-bond acceptors (Lipinski definition) is 7. The third-order valence-corrected chi connectivity index (χ3v) is 8.70. The molecule has 0 saturated carbocycles. The molecule has 46 heavy (non-hydrogen) atoms. The first-order valence-electron chi connectivity index (χ1n) is 16.1. The van der Waals surface area contributed by atoms with Crippen molar-refractivity contribution in [2.45, 2.75) is 51.9 Å². The van der Waals surface area contributed by atoms with Crippen molar-refractivity contribution in [3.63, 3.8) is 0 Å². The molecule has 0 aliphatic carbocycles. The maximum absolute atomic E-state index is 13.3. The number of carbonyl (C=O) groups is 2. The van der Waals surface area contributed by atoms with Crippen LogP contribution in [0.1, 0.15) is 66.1 Å². The number of nitrogens with two attached hydrogens (primary N) is 1. The Balaban J connectivity index is 1.28. The van der Waals surface area contributed by atoms with E-state index in [0.717, 1.165) is 43.6 Å². The smallest absolute Gasteiger partial charge is 0.255 e. The number of benzene rings is 3. The van der Waals surface area contributed by atoms with E-state index < -0.39 is 6.29 Å². The first-order chi connectivity index (χ1) is 22.3. The molecule has 2 aliphatic heterocycles. The molecule has 0 aromatic heterocycles. The summed E-state index contributed by atoms with van der Waals surface area (Å²) in [7, 11) is 1.53. The Morgan fingerprint density at radius 3 is 2.43 bits per heavy atom. The molecule has 9 heteroatoms. The molecule has 3 atom stereocenters. The number of anilines is 1. The molecule has 2 amide bonds. The Morgan fingerprint density at radius 1 is 1.04 bits per heavy atom. The average molecular weight is 624 g/mol. The minimum absolute atomic E-state index is 0.0236. The Hall–Kier alpha value is -4.31. The number of nitrogens with zero attached hydrogens (tertiary/aromatic N) is 3. The summed E-state index contributed by atoms with van der Waals surface area (Å²) in [5.41, 5.74) is 11.6. The number of fused-ring (bicyclic) bond motifs is 1. The second-order valence-electron chi connectivity index (χ2n) is 12.2. The number of rotatable bonds is 12. The van der Waals surface area contributed by atoms with Crippen molar-refractivity contribution >= 4 is 35.1 Å². The Morgan fingerprint density at radius 2 is 1.76 bits per heavy atom. The second-order valence-corrected chi connectivity index (χ2v) is 12.2. The van der Waals surface area contributed by atoms with Crippen LogP contribution in [0.5, 0.6) is 0 Å². The molecule has 4 N–H and O–H groups in total. The Labute approximate surface area is 271 Å². The van der Waals surface area contributed by atoms with Gasteiger partial charge < -0.3 is 25.8 Å². The van der Waals surface area contributed by atoms with Gasteiger partial charge in [0.05, 0.1) is 5.69 Å². The van der Waals surface area contributed by atoms with Crippen LogP contribution in [0, 0.1) is 5.92 Å². The van der Waals surface area contributed by atoms with E-state index >= 15 is 0 Å². The van der Waals surface area contributed by atoms with Crippen LogP contribution in [-0.2, 0) is 16.1 Å². The third kappa shape index (κ3) is 7.91. The number of nitrogens with one attached hydrogen (secondary N) is 1. The molecule has 242 valence electrons. The maximum Gasteiger partial charge on any atom is 0.255 e. The lowest BCUT2D eigenvalue weighted by molar-refractivity contribution is -0.127. The minimum Gasteiger partial charge on any atom is -0.387 e. The number of hydrogen-bond donors (Lipinski definition) is 3. The van der Waals surface area contributed by atoms with Gasteiger partial charge >= 0.3 is 0 Å². The Kier molecular flexibility index (Phi) is 11.0. The molecular weight excluding hydrogens is 578 g/mol. The lowest BCUT2D eigenvalue weighted by Crippen LogP contribution is -2.34. The van der Waals surface area contributed by atoms with E-state index in [1.165, 1.54) is 12.7 Å². The number of aliphatic hydroxyl groups excluding tert-OH is 1. The van der Waals surface area contributed by atoms with Gasteiger partial charge in [0.2, 0.25) is 5.91 Å². The van der Waals surface area contributed by atoms with Gasteiger partial charge in [-0.25, -0.2) is 4.99 Å². The van der Waals surface area contributed by atoms with Gasteiger partial charge in [-0.2, -0.15) is 0 Å². The summed E-state index contributed by atoms with van der Waals surface area (Å²) in [5, 5.41) is 13.6. The molecule has 0 spiro atoms. The summed E-state index contributed by atoms with van der Waals surface area (Å²) in [4.78, 5) is 35.3. The lowest BCUT2D eigenvalue weighted by atomic mass is 9.88. The predicted molar refractivity (Wildman–Crippen MR) is 183 cm³/mol. The number of methoxy groups -OCH3 is 1. The van der Waals surface area contributed by atoms with Gasteiger partial charge in [-0.05, 0) is 54.3 Å². The van der Waals surface area contributed by atoms with Crippen LogP contribution in [0.4, 0.5) is 11.4 Å². The quantitative estimate of drug-likeness (QED) is 0.228. The fourth-order valence-corrected chi connectivity index (χ4v) is 6.44. The summed E-state index contributed by atoms with van der Waals surface area (Å²) in [6, 6.07) is 23.4. The third-order valence-electron chi connectivity index (χ3n) is 8.70. The van der Waals surface area contributed by atoms with Crippen LogP contribution >= 0.6 is 0 Å². The monoisotopic (exact) mass is 623 g/mol. The maximum atomic E-state index is 13.3. The van der Waals surface area contributed by atoms with Crippen molar-refractivity contribution in [2.24, 2.45) is 16.6 Å². The van der Waals surface area contributed by atoms with E-state index in [-0.39, 0.29) is 30.1 Å². The number of likely N-dealkylation sites (tertiary alicyclic amines) is 1. The van der Waals surface area contributed by atoms with Gasteiger partial charge in [0, 0.05) is 80.5 Å². The molecule has 0 bridgehead atoms. The van der Waals surface area contributed by atoms with Crippen LogP contribution in [0.2, 0.25) is 0 Å². The molecule has 5 rings (SSSR count). The highest BCUT2D eigenvalue weighted by Crippen LogP contribution is 2.36. The number of aliphatic imine (C=N–C) groups is 1. The molecule has 0 radical (unpaired) electrons. The number of amides is 2. The lowest BCUT2D eigenvalue weighted by Gasteiger charge is -2.23. The van der Waals surface area contributed by atoms with E-state index in [2.05, 4.69) is 41.2 Å². The standard InChI is InChI=1S/C37H45N5O4/c1-4-17-42(18-5-2)36(44)29-19-27-11-12-28(20-33(27)40-34(38)21-29)35(43)39-30-15-13-26(14-16-30)31-23-41(24-32(31)37(45)46-3)22-25-9-7-6-8-10-25/h6-16,19-20,31-32,37,45H,4-5,17-18,21-24H2,1-3H3,(H2,38,40)(H,39,43)/t31-,32?,37?/m1/s1. The highest BCUT2D eigenvalue weighted by atomic mass is 16.6. The summed E-state index contributed by atoms with van der Waals surface area (Å²) in [6.07, 6.45) is 3.00. The SMILES string of the molecule is CCCN(CCC)C(=O)C1=Cc2ccc(C(=O)Nc3ccc([C@H]4CN(Cc5ccccc5)CC4C(O)OC)cc3)cc2N=C(N)C1. The molecule has 3 aromatic rings. The summed E-state index contributed by atoms with van der Waals surface area (Å²) in [5.74, 6) is 0.0497. The van der Waals surface area contributed by atoms with E-state index in [4.69, 9.17) is 10.5 Å². The highest BCUT2D eigenvalue weighted by molar-refractivity contribution is 6.07. The molecule has 3 aromatic carbocycles. The molecule has 1 fully saturated rings. The highest BCUT2D eigenvalue weighted by Gasteiger charge is 2.38. The molecule has 2 heterocycles. The van der Waals surface area contributed by atoms with Crippen molar-refractivity contribution in [1.82, 2.24) is 9.80 Å². The van der Waals surface area contributed by atoms with Crippen molar-refractivity contribution in [3.05, 3.63) is 101 Å². The molecular formula is C37H45N5O4. The first-order valence-corrected chi connectivity index (χ1v) is 16.1. The molecule has 1 saturated heterocycles. The molecule has 2 aliphatic rings. The fraction of sp³-hybridized carbons (Fsp3) is 0.378. The van der Waals surface area contributed by atoms with Crippen LogP contribution in [0.15, 0.2) is 83.4 Å². The zero-order chi connectivity index (χ0) is 32.6. The minimum atomic E-state index is -0.870. The van der Waals surface area contributed by atoms with Crippen molar-refractivity contribution in [2.75, 3.05) is 38.6 Å². The van der Waals surface area contributed by atoms with E-state index in [1.807, 2.05) is 59.5 Å². The molecule has 2 unspecified atom stereocenters. The summed E-state index contributed by atoms with van der Waals surface area (Å²) in [6.45, 7) is 7.82. The van der Waals surface area contributed by atoms with E-state index in [1.54, 1.807) is 12.1 Å². The number of ether oxygens (including phenoxy) is 1. The van der Waals surface area contributed by atoms with Crippen molar-refractivity contribution < 1.29 is 19.4 Å². The second kappa shape index (κ2) is 15.3. The zero-order valence-corrected chi connectivity index (χ0v) is 27.0.